The summed E-state index contributed by atoms with van der Waals surface area (Å²) in [5.41, 5.74) is 13.6. The van der Waals surface area contributed by atoms with Crippen molar-refractivity contribution >= 4 is 56.7 Å². The summed E-state index contributed by atoms with van der Waals surface area (Å²) in [6.07, 6.45) is 28.7. The van der Waals surface area contributed by atoms with Crippen LogP contribution in [0.15, 0.2) is 168 Å². The average molecular weight is 1220 g/mol. The molecule has 19 nitrogen and oxygen atoms in total. The van der Waals surface area contributed by atoms with Crippen LogP contribution in [0.4, 0.5) is 0 Å². The molecule has 0 aliphatic carbocycles. The van der Waals surface area contributed by atoms with E-state index in [-0.39, 0.29) is 0 Å². The molecule has 12 aromatic rings. The van der Waals surface area contributed by atoms with Gasteiger partial charge in [-0.1, -0.05) is 55.4 Å². The number of hydrogen-bond donors (Lipinski definition) is 0. The summed E-state index contributed by atoms with van der Waals surface area (Å²) in [5, 5.41) is 9.14. The van der Waals surface area contributed by atoms with E-state index < -0.39 is 0 Å². The molecule has 0 saturated heterocycles. The molecule has 24 heteroatoms. The van der Waals surface area contributed by atoms with Gasteiger partial charge in [0.25, 0.3) is 0 Å². The first kappa shape index (κ1) is 81.1. The largest absolute Gasteiger partial charge is 0.452 e. The zero-order valence-electron chi connectivity index (χ0n) is 52.3. The number of nitrogens with zero attached hydrogens (tertiary/aromatic N) is 15. The topological polar surface area (TPSA) is 222 Å². The highest BCUT2D eigenvalue weighted by molar-refractivity contribution is 7.09. The molecule has 12 aromatic heterocycles. The molecule has 0 aromatic carbocycles. The van der Waals surface area contributed by atoms with Crippen LogP contribution in [0.5, 0.6) is 0 Å². The van der Waals surface area contributed by atoms with E-state index in [9.17, 15) is 0 Å². The molecule has 82 heavy (non-hydrogen) atoms. The van der Waals surface area contributed by atoms with Crippen molar-refractivity contribution < 1.29 is 17.7 Å². The Balaban J connectivity index is -0.000000400. The Hall–Kier alpha value is -7.38. The van der Waals surface area contributed by atoms with Crippen LogP contribution in [0.1, 0.15) is 117 Å². The summed E-state index contributed by atoms with van der Waals surface area (Å²) in [4.78, 5) is 47.4. The predicted octanol–water partition coefficient (Wildman–Crippen LogP) is 17.2. The summed E-state index contributed by atoms with van der Waals surface area (Å²) in [6.45, 7) is 37.4. The van der Waals surface area contributed by atoms with Crippen molar-refractivity contribution in [1.82, 2.24) is 73.5 Å². The van der Waals surface area contributed by atoms with Crippen molar-refractivity contribution in [2.24, 2.45) is 21.1 Å². The Kier molecular flexibility index (Phi) is 59.1. The van der Waals surface area contributed by atoms with Crippen molar-refractivity contribution in [3.05, 3.63) is 211 Å². The van der Waals surface area contributed by atoms with Gasteiger partial charge in [0.1, 0.15) is 29.9 Å². The SMILES string of the molecule is CC.CC.CC.CC.Cc1cn(C)cn1.Cc1cnco1.Cc1cnco1.Cc1cncs1.Cc1cocn1.Cc1cocn1.Cc1cscn1.Cc1cscn1.Cc1cscn1.Cc1nccn1C.Cc1nccs1.Cn1ccnc1. The third-order valence-corrected chi connectivity index (χ3v) is 11.1. The number of hydrogen-bond acceptors (Lipinski definition) is 21. The third-order valence-electron chi connectivity index (χ3n) is 7.53. The lowest BCUT2D eigenvalue weighted by atomic mass is 10.6. The van der Waals surface area contributed by atoms with Crippen LogP contribution in [0.3, 0.4) is 0 Å². The van der Waals surface area contributed by atoms with Crippen molar-refractivity contribution in [2.45, 2.75) is 132 Å². The van der Waals surface area contributed by atoms with E-state index in [4.69, 9.17) is 8.83 Å². The van der Waals surface area contributed by atoms with Gasteiger partial charge in [0.15, 0.2) is 25.6 Å². The number of thiazole rings is 5. The highest BCUT2D eigenvalue weighted by Gasteiger charge is 1.85. The quantitative estimate of drug-likeness (QED) is 0.138. The third kappa shape index (κ3) is 55.9. The van der Waals surface area contributed by atoms with E-state index in [0.717, 1.165) is 56.5 Å². The molecule has 12 heterocycles. The Morgan fingerprint density at radius 1 is 0.402 bits per heavy atom. The molecule has 0 saturated carbocycles. The summed E-state index contributed by atoms with van der Waals surface area (Å²) >= 11 is 8.22. The average Bonchev–Trinajstić information content (AvgIpc) is 4.30. The first-order chi connectivity index (χ1) is 39.5. The van der Waals surface area contributed by atoms with Crippen LogP contribution < -0.4 is 0 Å². The molecule has 0 aliphatic rings. The van der Waals surface area contributed by atoms with E-state index in [1.165, 1.54) is 30.5 Å². The summed E-state index contributed by atoms with van der Waals surface area (Å²) < 4.78 is 24.4. The van der Waals surface area contributed by atoms with Crippen LogP contribution in [0, 0.1) is 76.2 Å². The summed E-state index contributed by atoms with van der Waals surface area (Å²) in [6, 6.07) is 0. The molecule has 0 fully saturated rings. The molecule has 12 rings (SSSR count). The fourth-order valence-corrected chi connectivity index (χ4v) is 6.29. The Labute approximate surface area is 508 Å². The van der Waals surface area contributed by atoms with Gasteiger partial charge in [0.05, 0.1) is 69.2 Å². The summed E-state index contributed by atoms with van der Waals surface area (Å²) in [5.74, 6) is 2.77. The fraction of sp³-hybridized carbons (Fsp3) is 0.379. The van der Waals surface area contributed by atoms with Gasteiger partial charge in [-0.05, 0) is 76.2 Å². The minimum Gasteiger partial charge on any atom is -0.452 e. The number of rotatable bonds is 0. The number of aryl methyl sites for hydroxylation is 14. The van der Waals surface area contributed by atoms with E-state index in [2.05, 4.69) is 68.6 Å². The molecular formula is C58H91N15O4S5. The first-order valence-electron chi connectivity index (χ1n) is 26.0. The van der Waals surface area contributed by atoms with Crippen LogP contribution >= 0.6 is 56.7 Å². The van der Waals surface area contributed by atoms with Crippen LogP contribution in [-0.4, -0.2) is 73.5 Å². The highest BCUT2D eigenvalue weighted by atomic mass is 32.1. The number of imidazole rings is 3. The smallest absolute Gasteiger partial charge is 0.180 e. The van der Waals surface area contributed by atoms with Gasteiger partial charge in [-0.3, -0.25) is 24.9 Å². The lowest BCUT2D eigenvalue weighted by Crippen LogP contribution is -1.86. The van der Waals surface area contributed by atoms with Crippen LogP contribution in [0.25, 0.3) is 0 Å². The lowest BCUT2D eigenvalue weighted by Gasteiger charge is -1.87. The maximum atomic E-state index is 4.72. The highest BCUT2D eigenvalue weighted by Crippen LogP contribution is 2.01. The molecule has 0 atom stereocenters. The van der Waals surface area contributed by atoms with Gasteiger partial charge in [-0.2, -0.15) is 0 Å². The molecule has 0 spiro atoms. The van der Waals surface area contributed by atoms with Crippen molar-refractivity contribution in [3.63, 3.8) is 0 Å². The maximum absolute atomic E-state index is 4.72. The van der Waals surface area contributed by atoms with E-state index in [1.807, 2.05) is 235 Å². The van der Waals surface area contributed by atoms with Crippen LogP contribution in [0.2, 0.25) is 0 Å². The Morgan fingerprint density at radius 3 is 0.988 bits per heavy atom. The monoisotopic (exact) mass is 1220 g/mol. The molecule has 0 radical (unpaired) electrons. The number of aromatic nitrogens is 15. The second-order valence-electron chi connectivity index (χ2n) is 14.5. The zero-order valence-corrected chi connectivity index (χ0v) is 56.4. The second-order valence-corrected chi connectivity index (χ2v) is 18.9. The summed E-state index contributed by atoms with van der Waals surface area (Å²) in [7, 11) is 5.87. The van der Waals surface area contributed by atoms with Crippen molar-refractivity contribution in [2.75, 3.05) is 0 Å². The number of oxazole rings is 4. The maximum Gasteiger partial charge on any atom is 0.180 e. The van der Waals surface area contributed by atoms with Crippen molar-refractivity contribution in [1.29, 1.82) is 0 Å². The molecule has 452 valence electrons. The normalized spacial score (nSPS) is 8.37. The zero-order chi connectivity index (χ0) is 62.6. The van der Waals surface area contributed by atoms with Gasteiger partial charge in [0, 0.05) is 108 Å². The second kappa shape index (κ2) is 59.7. The van der Waals surface area contributed by atoms with E-state index in [0.29, 0.717) is 0 Å². The predicted molar refractivity (Wildman–Crippen MR) is 344 cm³/mol. The van der Waals surface area contributed by atoms with E-state index >= 15 is 0 Å². The molecular weight excluding hydrogens is 1130 g/mol. The minimum absolute atomic E-state index is 0.856. The van der Waals surface area contributed by atoms with Crippen LogP contribution in [-0.2, 0) is 21.1 Å². The molecule has 0 aliphatic heterocycles. The fourth-order valence-electron chi connectivity index (χ4n) is 3.81. The Morgan fingerprint density at radius 2 is 0.890 bits per heavy atom. The molecule has 0 unspecified atom stereocenters. The minimum atomic E-state index is 0.856. The van der Waals surface area contributed by atoms with Crippen molar-refractivity contribution in [3.8, 4) is 0 Å². The lowest BCUT2D eigenvalue weighted by molar-refractivity contribution is 0.526. The van der Waals surface area contributed by atoms with E-state index in [1.54, 1.807) is 113 Å². The molecule has 0 amide bonds. The van der Waals surface area contributed by atoms with Gasteiger partial charge < -0.3 is 31.4 Å². The van der Waals surface area contributed by atoms with Gasteiger partial charge in [0.2, 0.25) is 0 Å². The first-order valence-corrected chi connectivity index (χ1v) is 30.6. The molecule has 0 N–H and O–H groups in total. The standard InChI is InChI=1S/2C5H8N2.C4H6N2.4C4H5NO.5C4H5NS.4C2H6/c1-5-3-7(2)4-6-5;1-5-6-3-4-7(5)2;1-6-3-2-5-4-6;2*1-4-2-6-3-5-4;2*1-4-2-5-3-6-4;3*1-4-2-6-3-5-4;1-4-2-5-3-6-4;1-4-5-2-3-6-4;4*1-2/h2*3-4H,1-2H3;2-4H,1H3;9*2-3H,1H3;4*1-2H3. The van der Waals surface area contributed by atoms with Gasteiger partial charge in [-0.25, -0.2) is 34.9 Å². The van der Waals surface area contributed by atoms with Gasteiger partial charge in [-0.15, -0.1) is 56.7 Å². The Bertz CT molecular complexity index is 2300. The molecule has 0 bridgehead atoms. The van der Waals surface area contributed by atoms with Gasteiger partial charge >= 0.3 is 0 Å².